The fourth-order valence-corrected chi connectivity index (χ4v) is 2.61. The average Bonchev–Trinajstić information content (AvgIpc) is 2.46. The van der Waals surface area contributed by atoms with Crippen LogP contribution in [0, 0.1) is 0 Å². The normalized spacial score (nSPS) is 12.0. The van der Waals surface area contributed by atoms with Gasteiger partial charge in [-0.15, -0.1) is 0 Å². The molecule has 0 aliphatic rings. The van der Waals surface area contributed by atoms with Crippen molar-refractivity contribution in [3.05, 3.63) is 57.7 Å². The van der Waals surface area contributed by atoms with Crippen molar-refractivity contribution >= 4 is 35.0 Å². The van der Waals surface area contributed by atoms with Crippen LogP contribution in [0.5, 0.6) is 0 Å². The molecule has 0 spiro atoms. The molecular weight excluding hydrogens is 311 g/mol. The Bertz CT molecular complexity index is 676. The van der Waals surface area contributed by atoms with Crippen LogP contribution in [0.3, 0.4) is 0 Å². The van der Waals surface area contributed by atoms with Crippen molar-refractivity contribution in [1.29, 1.82) is 0 Å². The van der Waals surface area contributed by atoms with Gasteiger partial charge in [0.1, 0.15) is 5.82 Å². The fraction of sp³-hybridized carbons (Fsp3) is 0.200. The van der Waals surface area contributed by atoms with Crippen LogP contribution >= 0.6 is 23.2 Å². The summed E-state index contributed by atoms with van der Waals surface area (Å²) >= 11 is 12.3. The van der Waals surface area contributed by atoms with E-state index >= 15 is 0 Å². The Labute approximate surface area is 132 Å². The van der Waals surface area contributed by atoms with Crippen molar-refractivity contribution in [2.75, 3.05) is 11.9 Å². The molecule has 1 N–H and O–H groups in total. The molecule has 1 aromatic carbocycles. The third-order valence-corrected chi connectivity index (χ3v) is 3.96. The van der Waals surface area contributed by atoms with Crippen LogP contribution in [0.2, 0.25) is 10.0 Å². The van der Waals surface area contributed by atoms with Gasteiger partial charge in [0.15, 0.2) is 0 Å². The Morgan fingerprint density at radius 3 is 2.52 bits per heavy atom. The first-order valence-electron chi connectivity index (χ1n) is 6.28. The van der Waals surface area contributed by atoms with Crippen LogP contribution in [0.4, 0.5) is 5.82 Å². The SMILES string of the molecule is CC(c1ccccc1Cl)N(C)c1ncc(C(=O)O)cc1Cl. The predicted octanol–water partition coefficient (Wildman–Crippen LogP) is 4.28. The molecule has 0 bridgehead atoms. The molecule has 21 heavy (non-hydrogen) atoms. The number of carboxylic acids is 1. The molecular formula is C15H14Cl2N2O2. The number of carbonyl (C=O) groups is 1. The number of hydrogen-bond donors (Lipinski definition) is 1. The highest BCUT2D eigenvalue weighted by Gasteiger charge is 2.19. The number of nitrogens with zero attached hydrogens (tertiary/aromatic N) is 2. The highest BCUT2D eigenvalue weighted by Crippen LogP contribution is 2.32. The van der Waals surface area contributed by atoms with E-state index in [9.17, 15) is 4.79 Å². The second-order valence-corrected chi connectivity index (χ2v) is 5.46. The van der Waals surface area contributed by atoms with Gasteiger partial charge in [-0.3, -0.25) is 0 Å². The summed E-state index contributed by atoms with van der Waals surface area (Å²) < 4.78 is 0. The topological polar surface area (TPSA) is 53.4 Å². The van der Waals surface area contributed by atoms with Crippen LogP contribution in [0.1, 0.15) is 28.9 Å². The zero-order valence-corrected chi connectivity index (χ0v) is 13.1. The molecule has 6 heteroatoms. The molecule has 1 unspecified atom stereocenters. The number of rotatable bonds is 4. The summed E-state index contributed by atoms with van der Waals surface area (Å²) in [5.41, 5.74) is 1.00. The molecule has 1 atom stereocenters. The van der Waals surface area contributed by atoms with Crippen LogP contribution in [0.15, 0.2) is 36.5 Å². The molecule has 2 aromatic rings. The second-order valence-electron chi connectivity index (χ2n) is 4.64. The van der Waals surface area contributed by atoms with E-state index in [0.29, 0.717) is 10.8 Å². The van der Waals surface area contributed by atoms with E-state index in [0.717, 1.165) is 5.56 Å². The number of anilines is 1. The second kappa shape index (κ2) is 6.33. The Hall–Kier alpha value is -1.78. The summed E-state index contributed by atoms with van der Waals surface area (Å²) in [5.74, 6) is -0.549. The van der Waals surface area contributed by atoms with E-state index < -0.39 is 5.97 Å². The number of hydrogen-bond acceptors (Lipinski definition) is 3. The van der Waals surface area contributed by atoms with Gasteiger partial charge in [0.25, 0.3) is 0 Å². The van der Waals surface area contributed by atoms with Crippen LogP contribution in [-0.2, 0) is 0 Å². The lowest BCUT2D eigenvalue weighted by Gasteiger charge is -2.27. The minimum absolute atomic E-state index is 0.0561. The molecule has 1 heterocycles. The van der Waals surface area contributed by atoms with Crippen molar-refractivity contribution in [2.24, 2.45) is 0 Å². The Kier molecular flexibility index (Phi) is 4.70. The minimum atomic E-state index is -1.06. The smallest absolute Gasteiger partial charge is 0.337 e. The van der Waals surface area contributed by atoms with Gasteiger partial charge in [0, 0.05) is 18.3 Å². The summed E-state index contributed by atoms with van der Waals surface area (Å²) in [7, 11) is 1.84. The first-order valence-corrected chi connectivity index (χ1v) is 7.03. The van der Waals surface area contributed by atoms with E-state index in [1.54, 1.807) is 0 Å². The average molecular weight is 325 g/mol. The van der Waals surface area contributed by atoms with Gasteiger partial charge in [-0.25, -0.2) is 9.78 Å². The maximum Gasteiger partial charge on any atom is 0.337 e. The molecule has 0 amide bonds. The van der Waals surface area contributed by atoms with Crippen LogP contribution < -0.4 is 4.90 Å². The summed E-state index contributed by atoms with van der Waals surface area (Å²) in [6, 6.07) is 8.87. The first kappa shape index (κ1) is 15.6. The van der Waals surface area contributed by atoms with Gasteiger partial charge in [0.2, 0.25) is 0 Å². The molecule has 2 rings (SSSR count). The largest absolute Gasteiger partial charge is 0.478 e. The van der Waals surface area contributed by atoms with E-state index in [2.05, 4.69) is 4.98 Å². The third-order valence-electron chi connectivity index (χ3n) is 3.34. The van der Waals surface area contributed by atoms with E-state index in [1.165, 1.54) is 12.3 Å². The van der Waals surface area contributed by atoms with Gasteiger partial charge >= 0.3 is 5.97 Å². The lowest BCUT2D eigenvalue weighted by Crippen LogP contribution is -2.23. The van der Waals surface area contributed by atoms with Crippen molar-refractivity contribution < 1.29 is 9.90 Å². The van der Waals surface area contributed by atoms with Crippen molar-refractivity contribution in [3.63, 3.8) is 0 Å². The Morgan fingerprint density at radius 1 is 1.29 bits per heavy atom. The zero-order valence-electron chi connectivity index (χ0n) is 11.5. The number of aromatic nitrogens is 1. The third kappa shape index (κ3) is 3.28. The first-order chi connectivity index (χ1) is 9.91. The summed E-state index contributed by atoms with van der Waals surface area (Å²) in [6.45, 7) is 1.98. The van der Waals surface area contributed by atoms with Gasteiger partial charge in [-0.2, -0.15) is 0 Å². The molecule has 110 valence electrons. The van der Waals surface area contributed by atoms with Crippen LogP contribution in [-0.4, -0.2) is 23.1 Å². The summed E-state index contributed by atoms with van der Waals surface area (Å²) in [4.78, 5) is 16.9. The van der Waals surface area contributed by atoms with Gasteiger partial charge in [-0.05, 0) is 24.6 Å². The monoisotopic (exact) mass is 324 g/mol. The lowest BCUT2D eigenvalue weighted by molar-refractivity contribution is 0.0696. The minimum Gasteiger partial charge on any atom is -0.478 e. The highest BCUT2D eigenvalue weighted by molar-refractivity contribution is 6.33. The standard InChI is InChI=1S/C15H14Cl2N2O2/c1-9(11-5-3-4-6-12(11)16)19(2)14-13(17)7-10(8-18-14)15(20)21/h3-9H,1-2H3,(H,20,21). The lowest BCUT2D eigenvalue weighted by atomic mass is 10.1. The number of carboxylic acid groups (broad SMARTS) is 1. The van der Waals surface area contributed by atoms with Gasteiger partial charge in [-0.1, -0.05) is 41.4 Å². The molecule has 0 aliphatic heterocycles. The number of benzene rings is 1. The molecule has 0 saturated carbocycles. The van der Waals surface area contributed by atoms with E-state index in [-0.39, 0.29) is 16.6 Å². The maximum absolute atomic E-state index is 10.9. The van der Waals surface area contributed by atoms with Crippen molar-refractivity contribution in [2.45, 2.75) is 13.0 Å². The molecule has 4 nitrogen and oxygen atoms in total. The maximum atomic E-state index is 10.9. The van der Waals surface area contributed by atoms with Crippen molar-refractivity contribution in [1.82, 2.24) is 4.98 Å². The number of halogens is 2. The van der Waals surface area contributed by atoms with E-state index in [4.69, 9.17) is 28.3 Å². The zero-order chi connectivity index (χ0) is 15.6. The number of pyridine rings is 1. The van der Waals surface area contributed by atoms with Gasteiger partial charge in [0.05, 0.1) is 16.6 Å². The fourth-order valence-electron chi connectivity index (χ4n) is 2.01. The van der Waals surface area contributed by atoms with Crippen LogP contribution in [0.25, 0.3) is 0 Å². The van der Waals surface area contributed by atoms with Gasteiger partial charge < -0.3 is 10.0 Å². The Morgan fingerprint density at radius 2 is 1.95 bits per heavy atom. The quantitative estimate of drug-likeness (QED) is 0.911. The summed E-state index contributed by atoms with van der Waals surface area (Å²) in [5, 5.41) is 9.88. The summed E-state index contributed by atoms with van der Waals surface area (Å²) in [6.07, 6.45) is 1.29. The van der Waals surface area contributed by atoms with E-state index in [1.807, 2.05) is 43.1 Å². The molecule has 0 aliphatic carbocycles. The number of aromatic carboxylic acids is 1. The predicted molar refractivity (Wildman–Crippen MR) is 84.5 cm³/mol. The Balaban J connectivity index is 2.34. The molecule has 0 fully saturated rings. The van der Waals surface area contributed by atoms with Crippen molar-refractivity contribution in [3.8, 4) is 0 Å². The highest BCUT2D eigenvalue weighted by atomic mass is 35.5. The molecule has 0 radical (unpaired) electrons. The molecule has 1 aromatic heterocycles. The molecule has 0 saturated heterocycles.